The van der Waals surface area contributed by atoms with E-state index >= 15 is 0 Å². The quantitative estimate of drug-likeness (QED) is 0.795. The maximum Gasteiger partial charge on any atom is 0.316 e. The molecule has 0 N–H and O–H groups in total. The lowest BCUT2D eigenvalue weighted by Crippen LogP contribution is -2.38. The Labute approximate surface area is 134 Å². The topological polar surface area (TPSA) is 47.4 Å². The summed E-state index contributed by atoms with van der Waals surface area (Å²) in [6.07, 6.45) is 1.84. The molecular weight excluding hydrogens is 298 g/mol. The average Bonchev–Trinajstić information content (AvgIpc) is 3.15. The summed E-state index contributed by atoms with van der Waals surface area (Å²) in [4.78, 5) is 20.5. The maximum absolute atomic E-state index is 12.4. The number of nitrogens with zero attached hydrogens (tertiary/aromatic N) is 3. The molecule has 0 saturated carbocycles. The molecule has 2 aromatic rings. The van der Waals surface area contributed by atoms with Crippen molar-refractivity contribution in [3.8, 4) is 0 Å². The van der Waals surface area contributed by atoms with Gasteiger partial charge in [-0.3, -0.25) is 9.69 Å². The van der Waals surface area contributed by atoms with E-state index in [1.54, 1.807) is 11.3 Å². The predicted octanol–water partition coefficient (Wildman–Crippen LogP) is 2.63. The summed E-state index contributed by atoms with van der Waals surface area (Å²) in [6.45, 7) is 7.49. The van der Waals surface area contributed by atoms with Gasteiger partial charge in [-0.05, 0) is 25.3 Å². The van der Waals surface area contributed by atoms with Crippen LogP contribution in [0.25, 0.3) is 0 Å². The molecule has 0 bridgehead atoms. The lowest BCUT2D eigenvalue weighted by Gasteiger charge is -2.31. The molecule has 0 aliphatic carbocycles. The summed E-state index contributed by atoms with van der Waals surface area (Å²) in [7, 11) is 0. The summed E-state index contributed by atoms with van der Waals surface area (Å²) >= 11 is 1.74. The van der Waals surface area contributed by atoms with Crippen molar-refractivity contribution in [3.05, 3.63) is 40.1 Å². The molecule has 6 heteroatoms. The second-order valence-corrected chi connectivity index (χ2v) is 6.45. The van der Waals surface area contributed by atoms with E-state index in [2.05, 4.69) is 38.9 Å². The van der Waals surface area contributed by atoms with Gasteiger partial charge in [0.25, 0.3) is 0 Å². The van der Waals surface area contributed by atoms with Crippen LogP contribution in [-0.4, -0.2) is 33.6 Å². The fourth-order valence-electron chi connectivity index (χ4n) is 3.00. The molecule has 0 fully saturated rings. The number of carbonyl (C=O) groups excluding carboxylic acids is 1. The Morgan fingerprint density at radius 2 is 2.36 bits per heavy atom. The van der Waals surface area contributed by atoms with E-state index < -0.39 is 0 Å². The van der Waals surface area contributed by atoms with Crippen LogP contribution in [0.5, 0.6) is 0 Å². The van der Waals surface area contributed by atoms with Crippen LogP contribution in [0.15, 0.2) is 23.8 Å². The van der Waals surface area contributed by atoms with Gasteiger partial charge in [-0.2, -0.15) is 0 Å². The van der Waals surface area contributed by atoms with Crippen LogP contribution in [0.1, 0.15) is 36.0 Å². The van der Waals surface area contributed by atoms with Crippen molar-refractivity contribution in [1.29, 1.82) is 0 Å². The van der Waals surface area contributed by atoms with Crippen molar-refractivity contribution in [2.45, 2.75) is 39.4 Å². The Morgan fingerprint density at radius 1 is 1.50 bits per heavy atom. The fourth-order valence-corrected chi connectivity index (χ4v) is 3.75. The van der Waals surface area contributed by atoms with Crippen molar-refractivity contribution < 1.29 is 9.53 Å². The number of rotatable bonds is 5. The number of hydrogen-bond acceptors (Lipinski definition) is 5. The Balaban J connectivity index is 1.86. The Bertz CT molecular complexity index is 636. The third kappa shape index (κ3) is 2.94. The van der Waals surface area contributed by atoms with E-state index in [0.29, 0.717) is 13.2 Å². The number of imidazole rings is 1. The van der Waals surface area contributed by atoms with Gasteiger partial charge in [0.05, 0.1) is 24.3 Å². The van der Waals surface area contributed by atoms with Gasteiger partial charge >= 0.3 is 5.97 Å². The van der Waals surface area contributed by atoms with Gasteiger partial charge in [0.2, 0.25) is 0 Å². The molecule has 1 atom stereocenters. The molecular formula is C16H21N3O2S. The number of aryl methyl sites for hydroxylation is 1. The highest BCUT2D eigenvalue weighted by Crippen LogP contribution is 2.30. The van der Waals surface area contributed by atoms with Crippen LogP contribution >= 0.6 is 11.3 Å². The fraction of sp³-hybridized carbons (Fsp3) is 0.500. The van der Waals surface area contributed by atoms with E-state index in [1.165, 1.54) is 4.88 Å². The normalized spacial score (nSPS) is 18.2. The summed E-state index contributed by atoms with van der Waals surface area (Å²) in [5, 5.41) is 2.08. The van der Waals surface area contributed by atoms with Crippen molar-refractivity contribution in [2.75, 3.05) is 13.2 Å². The SMILES string of the molecule is CCOC(=O)C1CN(Cc2cccs2)Cc2ncn(CC)c21. The van der Waals surface area contributed by atoms with Crippen LogP contribution in [-0.2, 0) is 29.2 Å². The van der Waals surface area contributed by atoms with Gasteiger partial charge in [-0.15, -0.1) is 11.3 Å². The zero-order chi connectivity index (χ0) is 15.5. The number of ether oxygens (including phenoxy) is 1. The van der Waals surface area contributed by atoms with Crippen molar-refractivity contribution in [1.82, 2.24) is 14.5 Å². The standard InChI is InChI=1S/C16H21N3O2S/c1-3-19-11-17-14-10-18(8-12-6-5-7-22-12)9-13(15(14)19)16(20)21-4-2/h5-7,11,13H,3-4,8-10H2,1-2H3. The monoisotopic (exact) mass is 319 g/mol. The minimum atomic E-state index is -0.244. The number of carbonyl (C=O) groups is 1. The number of aromatic nitrogens is 2. The summed E-state index contributed by atoms with van der Waals surface area (Å²) in [6, 6.07) is 4.19. The van der Waals surface area contributed by atoms with Crippen LogP contribution < -0.4 is 0 Å². The van der Waals surface area contributed by atoms with E-state index in [1.807, 2.05) is 13.3 Å². The van der Waals surface area contributed by atoms with Crippen LogP contribution in [0.2, 0.25) is 0 Å². The van der Waals surface area contributed by atoms with Gasteiger partial charge in [0.15, 0.2) is 0 Å². The lowest BCUT2D eigenvalue weighted by atomic mass is 9.98. The van der Waals surface area contributed by atoms with Crippen LogP contribution in [0.3, 0.4) is 0 Å². The maximum atomic E-state index is 12.4. The van der Waals surface area contributed by atoms with Crippen molar-refractivity contribution in [2.24, 2.45) is 0 Å². The predicted molar refractivity (Wildman–Crippen MR) is 85.7 cm³/mol. The summed E-state index contributed by atoms with van der Waals surface area (Å²) in [5.41, 5.74) is 2.03. The second kappa shape index (κ2) is 6.62. The molecule has 2 aromatic heterocycles. The first kappa shape index (κ1) is 15.2. The molecule has 3 rings (SSSR count). The minimum Gasteiger partial charge on any atom is -0.465 e. The largest absolute Gasteiger partial charge is 0.465 e. The third-order valence-electron chi connectivity index (χ3n) is 3.97. The number of hydrogen-bond donors (Lipinski definition) is 0. The lowest BCUT2D eigenvalue weighted by molar-refractivity contribution is -0.146. The molecule has 0 amide bonds. The molecule has 0 aromatic carbocycles. The van der Waals surface area contributed by atoms with Gasteiger partial charge < -0.3 is 9.30 Å². The van der Waals surface area contributed by atoms with Crippen molar-refractivity contribution in [3.63, 3.8) is 0 Å². The Kier molecular flexibility index (Phi) is 4.59. The molecule has 118 valence electrons. The molecule has 0 saturated heterocycles. The first-order valence-electron chi connectivity index (χ1n) is 7.68. The van der Waals surface area contributed by atoms with Crippen LogP contribution in [0.4, 0.5) is 0 Å². The van der Waals surface area contributed by atoms with E-state index in [0.717, 1.165) is 31.0 Å². The first-order chi connectivity index (χ1) is 10.7. The number of esters is 1. The molecule has 22 heavy (non-hydrogen) atoms. The van der Waals surface area contributed by atoms with Gasteiger partial charge in [-0.25, -0.2) is 4.98 Å². The first-order valence-corrected chi connectivity index (χ1v) is 8.56. The molecule has 1 aliphatic heterocycles. The average molecular weight is 319 g/mol. The molecule has 5 nitrogen and oxygen atoms in total. The Hall–Kier alpha value is -1.66. The van der Waals surface area contributed by atoms with Crippen LogP contribution in [0, 0.1) is 0 Å². The highest BCUT2D eigenvalue weighted by Gasteiger charge is 2.35. The van der Waals surface area contributed by atoms with E-state index in [9.17, 15) is 4.79 Å². The Morgan fingerprint density at radius 3 is 3.05 bits per heavy atom. The second-order valence-electron chi connectivity index (χ2n) is 5.42. The van der Waals surface area contributed by atoms with Gasteiger partial charge in [0, 0.05) is 31.1 Å². The summed E-state index contributed by atoms with van der Waals surface area (Å²) < 4.78 is 7.36. The molecule has 3 heterocycles. The van der Waals surface area contributed by atoms with Crippen molar-refractivity contribution >= 4 is 17.3 Å². The van der Waals surface area contributed by atoms with Gasteiger partial charge in [0.1, 0.15) is 5.92 Å². The molecule has 0 spiro atoms. The molecule has 0 radical (unpaired) electrons. The van der Waals surface area contributed by atoms with Gasteiger partial charge in [-0.1, -0.05) is 6.07 Å². The number of fused-ring (bicyclic) bond motifs is 1. The highest BCUT2D eigenvalue weighted by atomic mass is 32.1. The summed E-state index contributed by atoms with van der Waals surface area (Å²) in [5.74, 6) is -0.388. The molecule has 1 unspecified atom stereocenters. The third-order valence-corrected chi connectivity index (χ3v) is 4.83. The number of thiophene rings is 1. The highest BCUT2D eigenvalue weighted by molar-refractivity contribution is 7.09. The van der Waals surface area contributed by atoms with E-state index in [-0.39, 0.29) is 11.9 Å². The zero-order valence-electron chi connectivity index (χ0n) is 13.0. The zero-order valence-corrected chi connectivity index (χ0v) is 13.8. The van der Waals surface area contributed by atoms with E-state index in [4.69, 9.17) is 4.74 Å². The minimum absolute atomic E-state index is 0.144. The molecule has 1 aliphatic rings. The smallest absolute Gasteiger partial charge is 0.316 e.